The first kappa shape index (κ1) is 19.4. The number of ether oxygens (including phenoxy) is 1. The minimum absolute atomic E-state index is 0.0454. The average Bonchev–Trinajstić information content (AvgIpc) is 3.08. The molecule has 2 heterocycles. The number of imidazole rings is 1. The third kappa shape index (κ3) is 4.30. The molecule has 3 rings (SSSR count). The molecule has 9 nitrogen and oxygen atoms in total. The first-order chi connectivity index (χ1) is 13.3. The van der Waals surface area contributed by atoms with Crippen molar-refractivity contribution in [2.45, 2.75) is 39.3 Å². The van der Waals surface area contributed by atoms with Crippen molar-refractivity contribution in [3.05, 3.63) is 56.5 Å². The lowest BCUT2D eigenvalue weighted by molar-refractivity contribution is -0.121. The summed E-state index contributed by atoms with van der Waals surface area (Å²) in [4.78, 5) is 45.0. The quantitative estimate of drug-likeness (QED) is 0.560. The number of rotatable bonds is 7. The van der Waals surface area contributed by atoms with Gasteiger partial charge >= 0.3 is 5.69 Å². The minimum atomic E-state index is -0.532. The van der Waals surface area contributed by atoms with Gasteiger partial charge in [0.1, 0.15) is 17.1 Å². The molecule has 9 heteroatoms. The second kappa shape index (κ2) is 8.12. The number of nitrogens with zero attached hydrogens (tertiary/aromatic N) is 2. The number of carbonyl (C=O) groups is 1. The number of hydrogen-bond donors (Lipinski definition) is 3. The van der Waals surface area contributed by atoms with Gasteiger partial charge in [-0.05, 0) is 19.9 Å². The van der Waals surface area contributed by atoms with Crippen LogP contribution >= 0.6 is 0 Å². The van der Waals surface area contributed by atoms with E-state index in [1.165, 1.54) is 11.6 Å². The van der Waals surface area contributed by atoms with Crippen LogP contribution in [-0.2, 0) is 24.8 Å². The zero-order valence-electron chi connectivity index (χ0n) is 16.0. The van der Waals surface area contributed by atoms with Crippen molar-refractivity contribution in [1.82, 2.24) is 24.8 Å². The SMILES string of the molecule is CC(C)Oc1ccccc1CNC(=O)CCc1nc2c([nH]1)c(=O)[nH]c(=O)n2C. The molecule has 0 bridgehead atoms. The molecule has 0 saturated heterocycles. The second-order valence-corrected chi connectivity index (χ2v) is 6.75. The van der Waals surface area contributed by atoms with Crippen LogP contribution in [0.4, 0.5) is 0 Å². The highest BCUT2D eigenvalue weighted by Crippen LogP contribution is 2.19. The van der Waals surface area contributed by atoms with E-state index in [4.69, 9.17) is 4.74 Å². The highest BCUT2D eigenvalue weighted by molar-refractivity contribution is 5.76. The Kier molecular flexibility index (Phi) is 5.62. The van der Waals surface area contributed by atoms with Crippen LogP contribution in [0.15, 0.2) is 33.9 Å². The number of hydrogen-bond acceptors (Lipinski definition) is 5. The van der Waals surface area contributed by atoms with Gasteiger partial charge in [-0.25, -0.2) is 9.78 Å². The Labute approximate surface area is 160 Å². The standard InChI is InChI=1S/C19H23N5O4/c1-11(2)28-13-7-5-4-6-12(13)10-20-15(25)9-8-14-21-16-17(22-14)24(3)19(27)23-18(16)26/h4-7,11H,8-10H2,1-3H3,(H,20,25)(H,21,22)(H,23,26,27). The third-order valence-electron chi connectivity index (χ3n) is 4.20. The zero-order valence-corrected chi connectivity index (χ0v) is 16.0. The predicted octanol–water partition coefficient (Wildman–Crippen LogP) is 0.986. The number of amides is 1. The highest BCUT2D eigenvalue weighted by Gasteiger charge is 2.12. The first-order valence-corrected chi connectivity index (χ1v) is 9.04. The molecule has 3 aromatic rings. The van der Waals surface area contributed by atoms with E-state index in [1.807, 2.05) is 38.1 Å². The van der Waals surface area contributed by atoms with Crippen molar-refractivity contribution < 1.29 is 9.53 Å². The number of nitrogens with one attached hydrogen (secondary N) is 3. The van der Waals surface area contributed by atoms with E-state index in [1.54, 1.807) is 0 Å². The molecule has 0 saturated carbocycles. The van der Waals surface area contributed by atoms with Crippen LogP contribution in [0.1, 0.15) is 31.7 Å². The van der Waals surface area contributed by atoms with Crippen LogP contribution in [0.3, 0.4) is 0 Å². The molecule has 0 radical (unpaired) electrons. The summed E-state index contributed by atoms with van der Waals surface area (Å²) in [6.07, 6.45) is 0.556. The molecule has 3 N–H and O–H groups in total. The number of fused-ring (bicyclic) bond motifs is 1. The van der Waals surface area contributed by atoms with E-state index in [0.717, 1.165) is 11.3 Å². The number of carbonyl (C=O) groups excluding carboxylic acids is 1. The monoisotopic (exact) mass is 385 g/mol. The fourth-order valence-electron chi connectivity index (χ4n) is 2.80. The average molecular weight is 385 g/mol. The van der Waals surface area contributed by atoms with Crippen LogP contribution in [0.5, 0.6) is 5.75 Å². The molecule has 0 aliphatic rings. The Bertz CT molecular complexity index is 1110. The fourth-order valence-corrected chi connectivity index (χ4v) is 2.80. The maximum Gasteiger partial charge on any atom is 0.329 e. The molecule has 28 heavy (non-hydrogen) atoms. The maximum atomic E-state index is 12.2. The van der Waals surface area contributed by atoms with Crippen molar-refractivity contribution in [3.8, 4) is 5.75 Å². The van der Waals surface area contributed by atoms with Crippen molar-refractivity contribution in [3.63, 3.8) is 0 Å². The smallest absolute Gasteiger partial charge is 0.329 e. The predicted molar refractivity (Wildman–Crippen MR) is 104 cm³/mol. The van der Waals surface area contributed by atoms with Crippen molar-refractivity contribution in [2.75, 3.05) is 0 Å². The van der Waals surface area contributed by atoms with Crippen LogP contribution in [0.2, 0.25) is 0 Å². The summed E-state index contributed by atoms with van der Waals surface area (Å²) in [6, 6.07) is 7.56. The Morgan fingerprint density at radius 2 is 2.00 bits per heavy atom. The summed E-state index contributed by atoms with van der Waals surface area (Å²) in [7, 11) is 1.52. The van der Waals surface area contributed by atoms with Gasteiger partial charge in [0, 0.05) is 32.0 Å². The van der Waals surface area contributed by atoms with Gasteiger partial charge in [-0.2, -0.15) is 0 Å². The van der Waals surface area contributed by atoms with Gasteiger partial charge in [-0.15, -0.1) is 0 Å². The molecule has 0 aliphatic heterocycles. The Balaban J connectivity index is 1.62. The van der Waals surface area contributed by atoms with E-state index < -0.39 is 11.2 Å². The summed E-state index contributed by atoms with van der Waals surface area (Å²) in [5.74, 6) is 1.07. The lowest BCUT2D eigenvalue weighted by Crippen LogP contribution is -2.28. The Morgan fingerprint density at radius 1 is 1.25 bits per heavy atom. The summed E-state index contributed by atoms with van der Waals surface area (Å²) in [5, 5.41) is 2.86. The number of aromatic nitrogens is 4. The van der Waals surface area contributed by atoms with Gasteiger partial charge in [0.25, 0.3) is 5.56 Å². The van der Waals surface area contributed by atoms with Crippen LogP contribution in [0, 0.1) is 0 Å². The molecule has 1 aromatic carbocycles. The van der Waals surface area contributed by atoms with Crippen LogP contribution < -0.4 is 21.3 Å². The van der Waals surface area contributed by atoms with E-state index in [0.29, 0.717) is 18.8 Å². The van der Waals surface area contributed by atoms with Crippen LogP contribution in [0.25, 0.3) is 11.2 Å². The lowest BCUT2D eigenvalue weighted by atomic mass is 10.2. The molecule has 0 spiro atoms. The van der Waals surface area contributed by atoms with Crippen molar-refractivity contribution in [2.24, 2.45) is 7.05 Å². The van der Waals surface area contributed by atoms with E-state index >= 15 is 0 Å². The molecule has 0 aliphatic carbocycles. The number of aryl methyl sites for hydroxylation is 2. The molecule has 148 valence electrons. The minimum Gasteiger partial charge on any atom is -0.491 e. The van der Waals surface area contributed by atoms with Gasteiger partial charge in [-0.3, -0.25) is 19.1 Å². The molecular formula is C19H23N5O4. The normalized spacial score (nSPS) is 11.1. The molecular weight excluding hydrogens is 362 g/mol. The van der Waals surface area contributed by atoms with Crippen LogP contribution in [-0.4, -0.2) is 31.5 Å². The first-order valence-electron chi connectivity index (χ1n) is 9.04. The van der Waals surface area contributed by atoms with E-state index in [2.05, 4.69) is 20.3 Å². The maximum absolute atomic E-state index is 12.2. The molecule has 1 amide bonds. The summed E-state index contributed by atoms with van der Waals surface area (Å²) < 4.78 is 7.00. The van der Waals surface area contributed by atoms with Crippen molar-refractivity contribution >= 4 is 17.1 Å². The molecule has 0 unspecified atom stereocenters. The summed E-state index contributed by atoms with van der Waals surface area (Å²) in [5.41, 5.74) is 0.328. The van der Waals surface area contributed by atoms with Gasteiger partial charge < -0.3 is 15.0 Å². The molecule has 0 atom stereocenters. The van der Waals surface area contributed by atoms with Crippen molar-refractivity contribution in [1.29, 1.82) is 0 Å². The zero-order chi connectivity index (χ0) is 20.3. The number of aromatic amines is 2. The van der Waals surface area contributed by atoms with Gasteiger partial charge in [0.15, 0.2) is 5.65 Å². The molecule has 0 fully saturated rings. The van der Waals surface area contributed by atoms with Gasteiger partial charge in [-0.1, -0.05) is 18.2 Å². The van der Waals surface area contributed by atoms with E-state index in [9.17, 15) is 14.4 Å². The lowest BCUT2D eigenvalue weighted by Gasteiger charge is -2.14. The Hall–Kier alpha value is -3.36. The topological polar surface area (TPSA) is 122 Å². The van der Waals surface area contributed by atoms with Gasteiger partial charge in [0.05, 0.1) is 6.10 Å². The fraction of sp³-hybridized carbons (Fsp3) is 0.368. The summed E-state index contributed by atoms with van der Waals surface area (Å²) in [6.45, 7) is 4.25. The highest BCUT2D eigenvalue weighted by atomic mass is 16.5. The molecule has 2 aromatic heterocycles. The largest absolute Gasteiger partial charge is 0.491 e. The van der Waals surface area contributed by atoms with E-state index in [-0.39, 0.29) is 29.6 Å². The number of H-pyrrole nitrogens is 2. The second-order valence-electron chi connectivity index (χ2n) is 6.75. The van der Waals surface area contributed by atoms with Gasteiger partial charge in [0.2, 0.25) is 5.91 Å². The number of benzene rings is 1. The number of para-hydroxylation sites is 1. The third-order valence-corrected chi connectivity index (χ3v) is 4.20. The summed E-state index contributed by atoms with van der Waals surface area (Å²) >= 11 is 0. The Morgan fingerprint density at radius 3 is 2.75 bits per heavy atom.